The zero-order valence-electron chi connectivity index (χ0n) is 15.2. The quantitative estimate of drug-likeness (QED) is 0.573. The molecule has 0 aromatic heterocycles. The monoisotopic (exact) mass is 392 g/mol. The number of hydrogen-bond donors (Lipinski definition) is 0. The van der Waals surface area contributed by atoms with E-state index in [9.17, 15) is 18.5 Å². The second-order valence-electron chi connectivity index (χ2n) is 6.43. The van der Waals surface area contributed by atoms with E-state index in [1.807, 2.05) is 6.07 Å². The molecular weight excluding hydrogens is 372 g/mol. The van der Waals surface area contributed by atoms with Crippen molar-refractivity contribution in [1.82, 2.24) is 4.31 Å². The van der Waals surface area contributed by atoms with Gasteiger partial charge in [-0.25, -0.2) is 8.42 Å². The Hall–Kier alpha value is -2.65. The van der Waals surface area contributed by atoms with E-state index in [2.05, 4.69) is 0 Å². The maximum atomic E-state index is 13.0. The van der Waals surface area contributed by atoms with E-state index in [0.717, 1.165) is 10.4 Å². The third-order valence-electron chi connectivity index (χ3n) is 4.53. The first kappa shape index (κ1) is 19.1. The van der Waals surface area contributed by atoms with Gasteiger partial charge in [-0.3, -0.25) is 10.1 Å². The number of likely N-dealkylation sites (N-methyl/N-ethyl adjacent to an activating group) is 1. The summed E-state index contributed by atoms with van der Waals surface area (Å²) < 4.78 is 38.6. The molecule has 144 valence electrons. The summed E-state index contributed by atoms with van der Waals surface area (Å²) in [6.07, 6.45) is -0.486. The van der Waals surface area contributed by atoms with Crippen LogP contribution in [-0.2, 0) is 10.0 Å². The maximum Gasteiger partial charge on any atom is 0.271 e. The van der Waals surface area contributed by atoms with Gasteiger partial charge in [0, 0.05) is 19.2 Å². The highest BCUT2D eigenvalue weighted by Crippen LogP contribution is 2.32. The Kier molecular flexibility index (Phi) is 5.07. The average molecular weight is 392 g/mol. The lowest BCUT2D eigenvalue weighted by atomic mass is 10.1. The molecule has 8 nitrogen and oxygen atoms in total. The highest BCUT2D eigenvalue weighted by atomic mass is 32.2. The molecular formula is C18H20N2O6S. The van der Waals surface area contributed by atoms with Crippen LogP contribution in [0.4, 0.5) is 5.69 Å². The number of rotatable bonds is 5. The van der Waals surface area contributed by atoms with Crippen molar-refractivity contribution in [1.29, 1.82) is 0 Å². The number of fused-ring (bicyclic) bond motifs is 1. The molecule has 0 fully saturated rings. The SMILES string of the molecule is Cc1cc([N+](=O)[O-])cc(S(=O)(=O)N(C)C[C@@H]2COc3ccccc3O2)c1C. The summed E-state index contributed by atoms with van der Waals surface area (Å²) in [5, 5.41) is 11.1. The molecule has 2 aromatic carbocycles. The molecule has 0 saturated heterocycles. The summed E-state index contributed by atoms with van der Waals surface area (Å²) in [4.78, 5) is 10.4. The fraction of sp³-hybridized carbons (Fsp3) is 0.333. The first-order valence-electron chi connectivity index (χ1n) is 8.30. The molecule has 0 unspecified atom stereocenters. The van der Waals surface area contributed by atoms with Gasteiger partial charge in [0.15, 0.2) is 11.5 Å². The third-order valence-corrected chi connectivity index (χ3v) is 6.48. The normalized spacial score (nSPS) is 16.4. The second-order valence-corrected chi connectivity index (χ2v) is 8.44. The summed E-state index contributed by atoms with van der Waals surface area (Å²) in [7, 11) is -2.51. The van der Waals surface area contributed by atoms with Crippen molar-refractivity contribution >= 4 is 15.7 Å². The van der Waals surface area contributed by atoms with Crippen LogP contribution in [0.5, 0.6) is 11.5 Å². The molecule has 3 rings (SSSR count). The number of hydrogen-bond acceptors (Lipinski definition) is 6. The molecule has 9 heteroatoms. The summed E-state index contributed by atoms with van der Waals surface area (Å²) in [6, 6.07) is 9.63. The van der Waals surface area contributed by atoms with Gasteiger partial charge in [-0.05, 0) is 37.1 Å². The van der Waals surface area contributed by atoms with Crippen LogP contribution in [0.2, 0.25) is 0 Å². The molecule has 1 aliphatic heterocycles. The van der Waals surface area contributed by atoms with E-state index in [4.69, 9.17) is 9.47 Å². The van der Waals surface area contributed by atoms with E-state index in [1.54, 1.807) is 32.0 Å². The van der Waals surface area contributed by atoms with Crippen molar-refractivity contribution in [2.75, 3.05) is 20.2 Å². The van der Waals surface area contributed by atoms with Gasteiger partial charge in [-0.15, -0.1) is 0 Å². The number of nitro groups is 1. The van der Waals surface area contributed by atoms with Crippen molar-refractivity contribution in [3.8, 4) is 11.5 Å². The molecule has 0 spiro atoms. The Bertz CT molecular complexity index is 989. The number of aryl methyl sites for hydroxylation is 1. The molecule has 0 radical (unpaired) electrons. The number of para-hydroxylation sites is 2. The Labute approximate surface area is 157 Å². The number of nitro benzene ring substituents is 1. The number of nitrogens with zero attached hydrogens (tertiary/aromatic N) is 2. The minimum atomic E-state index is -3.93. The summed E-state index contributed by atoms with van der Waals surface area (Å²) >= 11 is 0. The largest absolute Gasteiger partial charge is 0.486 e. The molecule has 0 saturated carbocycles. The van der Waals surface area contributed by atoms with Gasteiger partial charge in [0.05, 0.1) is 16.4 Å². The lowest BCUT2D eigenvalue weighted by molar-refractivity contribution is -0.385. The standard InChI is InChI=1S/C18H20N2O6S/c1-12-8-14(20(21)22)9-18(13(12)2)27(23,24)19(3)10-15-11-25-16-6-4-5-7-17(16)26-15/h4-9,15H,10-11H2,1-3H3/t15-/m1/s1. The molecule has 1 heterocycles. The van der Waals surface area contributed by atoms with Crippen LogP contribution in [0.1, 0.15) is 11.1 Å². The molecule has 0 amide bonds. The molecule has 1 aliphatic rings. The Morgan fingerprint density at radius 3 is 2.56 bits per heavy atom. The van der Waals surface area contributed by atoms with Crippen molar-refractivity contribution in [2.45, 2.75) is 24.8 Å². The molecule has 0 N–H and O–H groups in total. The smallest absolute Gasteiger partial charge is 0.271 e. The van der Waals surface area contributed by atoms with E-state index in [-0.39, 0.29) is 23.7 Å². The van der Waals surface area contributed by atoms with Crippen molar-refractivity contribution < 1.29 is 22.8 Å². The van der Waals surface area contributed by atoms with Crippen molar-refractivity contribution in [3.63, 3.8) is 0 Å². The summed E-state index contributed by atoms with van der Waals surface area (Å²) in [6.45, 7) is 3.55. The number of benzene rings is 2. The van der Waals surface area contributed by atoms with Gasteiger partial charge in [-0.1, -0.05) is 12.1 Å². The predicted octanol–water partition coefficient (Wildman–Crippen LogP) is 2.67. The van der Waals surface area contributed by atoms with Crippen LogP contribution in [0, 0.1) is 24.0 Å². The van der Waals surface area contributed by atoms with Gasteiger partial charge in [0.2, 0.25) is 10.0 Å². The highest BCUT2D eigenvalue weighted by Gasteiger charge is 2.30. The number of non-ortho nitro benzene ring substituents is 1. The minimum absolute atomic E-state index is 0.0534. The number of sulfonamides is 1. The Balaban J connectivity index is 1.84. The zero-order valence-corrected chi connectivity index (χ0v) is 16.0. The van der Waals surface area contributed by atoms with E-state index in [0.29, 0.717) is 22.6 Å². The first-order valence-corrected chi connectivity index (χ1v) is 9.74. The third kappa shape index (κ3) is 3.74. The molecule has 0 bridgehead atoms. The van der Waals surface area contributed by atoms with E-state index in [1.165, 1.54) is 13.1 Å². The van der Waals surface area contributed by atoms with E-state index < -0.39 is 21.1 Å². The Morgan fingerprint density at radius 2 is 1.89 bits per heavy atom. The van der Waals surface area contributed by atoms with Gasteiger partial charge < -0.3 is 9.47 Å². The average Bonchev–Trinajstić information content (AvgIpc) is 2.63. The van der Waals surface area contributed by atoms with Crippen molar-refractivity contribution in [3.05, 3.63) is 57.6 Å². The summed E-state index contributed by atoms with van der Waals surface area (Å²) in [5.74, 6) is 1.17. The first-order chi connectivity index (χ1) is 12.7. The predicted molar refractivity (Wildman–Crippen MR) is 98.7 cm³/mol. The Morgan fingerprint density at radius 1 is 1.22 bits per heavy atom. The van der Waals surface area contributed by atoms with Gasteiger partial charge in [0.25, 0.3) is 5.69 Å². The fourth-order valence-corrected chi connectivity index (χ4v) is 4.40. The van der Waals surface area contributed by atoms with Gasteiger partial charge >= 0.3 is 0 Å². The van der Waals surface area contributed by atoms with Crippen LogP contribution in [0.15, 0.2) is 41.3 Å². The fourth-order valence-electron chi connectivity index (χ4n) is 2.89. The van der Waals surface area contributed by atoms with Crippen LogP contribution in [-0.4, -0.2) is 43.9 Å². The molecule has 2 aromatic rings. The summed E-state index contributed by atoms with van der Waals surface area (Å²) in [5.41, 5.74) is 0.775. The minimum Gasteiger partial charge on any atom is -0.486 e. The lowest BCUT2D eigenvalue weighted by Gasteiger charge is -2.29. The van der Waals surface area contributed by atoms with Crippen LogP contribution in [0.25, 0.3) is 0 Å². The number of ether oxygens (including phenoxy) is 2. The molecule has 0 aliphatic carbocycles. The topological polar surface area (TPSA) is 99.0 Å². The van der Waals surface area contributed by atoms with Gasteiger partial charge in [-0.2, -0.15) is 4.31 Å². The van der Waals surface area contributed by atoms with Crippen LogP contribution in [0.3, 0.4) is 0 Å². The highest BCUT2D eigenvalue weighted by molar-refractivity contribution is 7.89. The van der Waals surface area contributed by atoms with Crippen molar-refractivity contribution in [2.24, 2.45) is 0 Å². The second kappa shape index (κ2) is 7.16. The zero-order chi connectivity index (χ0) is 19.8. The molecule has 27 heavy (non-hydrogen) atoms. The van der Waals surface area contributed by atoms with Crippen LogP contribution >= 0.6 is 0 Å². The van der Waals surface area contributed by atoms with Gasteiger partial charge in [0.1, 0.15) is 12.7 Å². The maximum absolute atomic E-state index is 13.0. The van der Waals surface area contributed by atoms with E-state index >= 15 is 0 Å². The molecule has 1 atom stereocenters. The van der Waals surface area contributed by atoms with Crippen LogP contribution < -0.4 is 9.47 Å². The lowest BCUT2D eigenvalue weighted by Crippen LogP contribution is -2.41.